The highest BCUT2D eigenvalue weighted by atomic mass is 32.2. The van der Waals surface area contributed by atoms with Gasteiger partial charge in [-0.05, 0) is 20.3 Å². The van der Waals surface area contributed by atoms with Gasteiger partial charge in [-0.1, -0.05) is 6.92 Å². The van der Waals surface area contributed by atoms with Crippen molar-refractivity contribution in [3.8, 4) is 0 Å². The van der Waals surface area contributed by atoms with Crippen molar-refractivity contribution in [2.24, 2.45) is 5.41 Å². The van der Waals surface area contributed by atoms with Crippen LogP contribution in [0.5, 0.6) is 0 Å². The zero-order valence-electron chi connectivity index (χ0n) is 13.9. The summed E-state index contributed by atoms with van der Waals surface area (Å²) in [6.07, 6.45) is -8.93. The molecule has 160 valence electrons. The number of ether oxygens (including phenoxy) is 2. The molecule has 0 aromatic heterocycles. The van der Waals surface area contributed by atoms with Gasteiger partial charge in [-0.25, -0.2) is 4.79 Å². The normalized spacial score (nSPS) is 15.2. The van der Waals surface area contributed by atoms with Gasteiger partial charge in [0.15, 0.2) is 18.1 Å². The predicted molar refractivity (Wildman–Crippen MR) is 72.4 cm³/mol. The number of alkyl halides is 7. The lowest BCUT2D eigenvalue weighted by Gasteiger charge is -2.30. The van der Waals surface area contributed by atoms with Crippen LogP contribution in [0.15, 0.2) is 0 Å². The molecule has 0 aliphatic heterocycles. The first-order chi connectivity index (χ1) is 11.7. The lowest BCUT2D eigenvalue weighted by Crippen LogP contribution is -2.50. The van der Waals surface area contributed by atoms with Crippen LogP contribution < -0.4 is 0 Å². The topological polar surface area (TPSA) is 107 Å². The van der Waals surface area contributed by atoms with Gasteiger partial charge >= 0.3 is 39.4 Å². The molecule has 0 amide bonds. The van der Waals surface area contributed by atoms with E-state index in [-0.39, 0.29) is 0 Å². The van der Waals surface area contributed by atoms with Crippen molar-refractivity contribution < 1.29 is 62.8 Å². The maximum atomic E-state index is 13.9. The molecule has 1 unspecified atom stereocenters. The summed E-state index contributed by atoms with van der Waals surface area (Å²) in [4.78, 5) is 22.8. The molecule has 15 heteroatoms. The highest BCUT2D eigenvalue weighted by Crippen LogP contribution is 2.40. The third kappa shape index (κ3) is 5.67. The smallest absolute Gasteiger partial charge is 0.404 e. The Morgan fingerprint density at radius 1 is 1.00 bits per heavy atom. The Hall–Kier alpha value is -1.64. The summed E-state index contributed by atoms with van der Waals surface area (Å²) < 4.78 is 128. The summed E-state index contributed by atoms with van der Waals surface area (Å²) in [7, 11) is -6.09. The molecule has 0 heterocycles. The fourth-order valence-electron chi connectivity index (χ4n) is 1.26. The predicted octanol–water partition coefficient (Wildman–Crippen LogP) is 2.56. The number of hydrogen-bond acceptors (Lipinski definition) is 6. The van der Waals surface area contributed by atoms with Gasteiger partial charge in [-0.3, -0.25) is 9.35 Å². The molecule has 0 saturated heterocycles. The largest absolute Gasteiger partial charge is 0.455 e. The van der Waals surface area contributed by atoms with E-state index < -0.39 is 64.0 Å². The molecule has 0 aromatic rings. The molecule has 0 aromatic carbocycles. The SMILES string of the molecule is CCC(OC(=O)C(C)(C)C(F)(F)F)C(F)(F)C(=O)OCC(F)(F)S(=O)(=O)O. The molecule has 0 saturated carbocycles. The minimum atomic E-state index is -6.09. The van der Waals surface area contributed by atoms with E-state index in [1.165, 1.54) is 0 Å². The fourth-order valence-corrected chi connectivity index (χ4v) is 1.47. The second-order valence-corrected chi connectivity index (χ2v) is 7.28. The minimum Gasteiger partial charge on any atom is -0.455 e. The van der Waals surface area contributed by atoms with E-state index in [1.807, 2.05) is 0 Å². The highest BCUT2D eigenvalue weighted by Gasteiger charge is 2.58. The van der Waals surface area contributed by atoms with E-state index in [0.717, 1.165) is 6.92 Å². The number of rotatable bonds is 8. The average molecular weight is 436 g/mol. The zero-order valence-corrected chi connectivity index (χ0v) is 14.8. The van der Waals surface area contributed by atoms with E-state index in [2.05, 4.69) is 9.47 Å². The van der Waals surface area contributed by atoms with Gasteiger partial charge < -0.3 is 9.47 Å². The zero-order chi connectivity index (χ0) is 22.1. The van der Waals surface area contributed by atoms with Crippen LogP contribution in [0.2, 0.25) is 0 Å². The quantitative estimate of drug-likeness (QED) is 0.354. The molecule has 27 heavy (non-hydrogen) atoms. The Bertz CT molecular complexity index is 670. The van der Waals surface area contributed by atoms with E-state index >= 15 is 0 Å². The van der Waals surface area contributed by atoms with Crippen molar-refractivity contribution in [1.82, 2.24) is 0 Å². The fraction of sp³-hybridized carbons (Fsp3) is 0.833. The summed E-state index contributed by atoms with van der Waals surface area (Å²) >= 11 is 0. The first kappa shape index (κ1) is 25.4. The van der Waals surface area contributed by atoms with Crippen molar-refractivity contribution in [2.45, 2.75) is 50.6 Å². The van der Waals surface area contributed by atoms with Gasteiger partial charge in [0.2, 0.25) is 0 Å². The van der Waals surface area contributed by atoms with Crippen molar-refractivity contribution in [1.29, 1.82) is 0 Å². The van der Waals surface area contributed by atoms with Crippen LogP contribution in [-0.2, 0) is 29.2 Å². The maximum absolute atomic E-state index is 13.9. The molecular formula is C12H15F7O7S. The van der Waals surface area contributed by atoms with Gasteiger partial charge in [0, 0.05) is 0 Å². The first-order valence-electron chi connectivity index (χ1n) is 6.89. The Morgan fingerprint density at radius 2 is 1.44 bits per heavy atom. The van der Waals surface area contributed by atoms with Crippen LogP contribution in [0.1, 0.15) is 27.2 Å². The number of halogens is 7. The summed E-state index contributed by atoms with van der Waals surface area (Å²) in [6.45, 7) is -0.971. The van der Waals surface area contributed by atoms with E-state index in [9.17, 15) is 48.7 Å². The molecule has 0 aliphatic carbocycles. The highest BCUT2D eigenvalue weighted by molar-refractivity contribution is 7.86. The van der Waals surface area contributed by atoms with Crippen LogP contribution in [-0.4, -0.2) is 55.0 Å². The van der Waals surface area contributed by atoms with Gasteiger partial charge in [-0.2, -0.15) is 39.2 Å². The van der Waals surface area contributed by atoms with Gasteiger partial charge in [-0.15, -0.1) is 0 Å². The van der Waals surface area contributed by atoms with Crippen molar-refractivity contribution in [3.63, 3.8) is 0 Å². The number of hydrogen-bond donors (Lipinski definition) is 1. The molecule has 0 aliphatic rings. The molecule has 0 fully saturated rings. The molecule has 0 rings (SSSR count). The summed E-state index contributed by atoms with van der Waals surface area (Å²) in [5, 5.41) is -5.12. The van der Waals surface area contributed by atoms with E-state index in [0.29, 0.717) is 13.8 Å². The molecule has 0 radical (unpaired) electrons. The summed E-state index contributed by atoms with van der Waals surface area (Å²) in [5.74, 6) is -9.85. The second kappa shape index (κ2) is 7.77. The Labute approximate surface area is 148 Å². The molecule has 0 spiro atoms. The summed E-state index contributed by atoms with van der Waals surface area (Å²) in [5.41, 5.74) is -3.22. The van der Waals surface area contributed by atoms with E-state index in [4.69, 9.17) is 4.55 Å². The van der Waals surface area contributed by atoms with Crippen LogP contribution in [0.4, 0.5) is 30.7 Å². The molecule has 1 N–H and O–H groups in total. The Kier molecular flexibility index (Phi) is 7.30. The third-order valence-electron chi connectivity index (χ3n) is 3.26. The number of carbonyl (C=O) groups excluding carboxylic acids is 2. The van der Waals surface area contributed by atoms with Crippen LogP contribution in [0.3, 0.4) is 0 Å². The monoisotopic (exact) mass is 436 g/mol. The number of esters is 2. The maximum Gasteiger partial charge on any atom is 0.404 e. The van der Waals surface area contributed by atoms with Gasteiger partial charge in [0.05, 0.1) is 0 Å². The van der Waals surface area contributed by atoms with Crippen molar-refractivity contribution in [3.05, 3.63) is 0 Å². The summed E-state index contributed by atoms with van der Waals surface area (Å²) in [6, 6.07) is 0. The van der Waals surface area contributed by atoms with Gasteiger partial charge in [0.25, 0.3) is 0 Å². The minimum absolute atomic E-state index is 0.325. The Balaban J connectivity index is 5.35. The van der Waals surface area contributed by atoms with Crippen LogP contribution >= 0.6 is 0 Å². The molecular weight excluding hydrogens is 421 g/mol. The molecule has 7 nitrogen and oxygen atoms in total. The van der Waals surface area contributed by atoms with E-state index in [1.54, 1.807) is 0 Å². The van der Waals surface area contributed by atoms with Crippen molar-refractivity contribution >= 4 is 22.1 Å². The second-order valence-electron chi connectivity index (χ2n) is 5.74. The third-order valence-corrected chi connectivity index (χ3v) is 4.14. The van der Waals surface area contributed by atoms with Gasteiger partial charge in [0.1, 0.15) is 0 Å². The molecule has 0 bridgehead atoms. The van der Waals surface area contributed by atoms with Crippen molar-refractivity contribution in [2.75, 3.05) is 6.61 Å². The lowest BCUT2D eigenvalue weighted by atomic mass is 9.93. The Morgan fingerprint density at radius 3 is 1.78 bits per heavy atom. The molecule has 1 atom stereocenters. The number of carbonyl (C=O) groups is 2. The van der Waals surface area contributed by atoms with Crippen LogP contribution in [0.25, 0.3) is 0 Å². The van der Waals surface area contributed by atoms with Crippen LogP contribution in [0, 0.1) is 5.41 Å². The standard InChI is InChI=1S/C12H15F7O7S/c1-4-6(26-7(20)9(2,3)12(17,18)19)11(15,16)8(21)25-5-10(13,14)27(22,23)24/h6H,4-5H2,1-3H3,(H,22,23,24). The average Bonchev–Trinajstić information content (AvgIpc) is 2.47. The first-order valence-corrected chi connectivity index (χ1v) is 8.33. The lowest BCUT2D eigenvalue weighted by molar-refractivity contribution is -0.237.